The van der Waals surface area contributed by atoms with Gasteiger partial charge in [-0.25, -0.2) is 0 Å². The fourth-order valence-corrected chi connectivity index (χ4v) is 2.69. The number of hydrogen-bond donors (Lipinski definition) is 1. The summed E-state index contributed by atoms with van der Waals surface area (Å²) in [5, 5.41) is 3.62. The van der Waals surface area contributed by atoms with Gasteiger partial charge in [0.25, 0.3) is 0 Å². The second kappa shape index (κ2) is 8.00. The second-order valence-electron chi connectivity index (χ2n) is 4.50. The molecule has 1 N–H and O–H groups in total. The Labute approximate surface area is 105 Å². The number of nitrogens with one attached hydrogen (secondary N) is 1. The molecule has 0 radical (unpaired) electrons. The summed E-state index contributed by atoms with van der Waals surface area (Å²) in [5.74, 6) is 5.46. The molecule has 3 heteroatoms. The van der Waals surface area contributed by atoms with Gasteiger partial charge in [-0.2, -0.15) is 0 Å². The Bertz CT molecular complexity index is 224. The molecular formula is C13H24N2S. The zero-order valence-electron chi connectivity index (χ0n) is 10.5. The minimum absolute atomic E-state index is 0.677. The standard InChI is InChI=1S/C13H24N2S/c1-4-9-16-10-8-15-7-6-14-13(11-15)12(3)5-2/h1,12-14H,5-11H2,2-3H3. The van der Waals surface area contributed by atoms with E-state index in [4.69, 9.17) is 6.42 Å². The maximum atomic E-state index is 5.23. The van der Waals surface area contributed by atoms with Crippen LogP contribution in [0.2, 0.25) is 0 Å². The van der Waals surface area contributed by atoms with Crippen LogP contribution in [-0.4, -0.2) is 48.6 Å². The lowest BCUT2D eigenvalue weighted by Crippen LogP contribution is -2.53. The largest absolute Gasteiger partial charge is 0.311 e. The summed E-state index contributed by atoms with van der Waals surface area (Å²) >= 11 is 1.86. The molecule has 0 bridgehead atoms. The van der Waals surface area contributed by atoms with Crippen molar-refractivity contribution in [3.05, 3.63) is 0 Å². The Kier molecular flexibility index (Phi) is 6.95. The van der Waals surface area contributed by atoms with Crippen molar-refractivity contribution < 1.29 is 0 Å². The number of piperazine rings is 1. The van der Waals surface area contributed by atoms with Crippen molar-refractivity contribution in [3.63, 3.8) is 0 Å². The van der Waals surface area contributed by atoms with Crippen LogP contribution in [0.25, 0.3) is 0 Å². The van der Waals surface area contributed by atoms with Crippen LogP contribution in [0.15, 0.2) is 0 Å². The highest BCUT2D eigenvalue weighted by molar-refractivity contribution is 7.99. The van der Waals surface area contributed by atoms with Crippen molar-refractivity contribution in [2.45, 2.75) is 26.3 Å². The van der Waals surface area contributed by atoms with Gasteiger partial charge in [-0.15, -0.1) is 18.2 Å². The van der Waals surface area contributed by atoms with Crippen molar-refractivity contribution in [1.29, 1.82) is 0 Å². The van der Waals surface area contributed by atoms with Crippen LogP contribution < -0.4 is 5.32 Å². The Morgan fingerprint density at radius 2 is 2.44 bits per heavy atom. The number of rotatable bonds is 6. The molecular weight excluding hydrogens is 216 g/mol. The van der Waals surface area contributed by atoms with Crippen LogP contribution in [-0.2, 0) is 0 Å². The van der Waals surface area contributed by atoms with Gasteiger partial charge in [0.1, 0.15) is 0 Å². The van der Waals surface area contributed by atoms with Crippen LogP contribution in [0.1, 0.15) is 20.3 Å². The average molecular weight is 240 g/mol. The first-order valence-electron chi connectivity index (χ1n) is 6.24. The van der Waals surface area contributed by atoms with Gasteiger partial charge in [-0.1, -0.05) is 26.2 Å². The second-order valence-corrected chi connectivity index (χ2v) is 5.61. The summed E-state index contributed by atoms with van der Waals surface area (Å²) in [7, 11) is 0. The lowest BCUT2D eigenvalue weighted by molar-refractivity contribution is 0.177. The molecule has 2 atom stereocenters. The highest BCUT2D eigenvalue weighted by Gasteiger charge is 2.22. The van der Waals surface area contributed by atoms with E-state index in [1.807, 2.05) is 11.8 Å². The Morgan fingerprint density at radius 3 is 3.12 bits per heavy atom. The average Bonchev–Trinajstić information content (AvgIpc) is 2.34. The first-order chi connectivity index (χ1) is 7.77. The lowest BCUT2D eigenvalue weighted by atomic mass is 9.97. The molecule has 1 aliphatic heterocycles. The van der Waals surface area contributed by atoms with Gasteiger partial charge in [-0.05, 0) is 5.92 Å². The molecule has 0 saturated carbocycles. The third kappa shape index (κ3) is 4.78. The molecule has 92 valence electrons. The summed E-state index contributed by atoms with van der Waals surface area (Å²) in [6.07, 6.45) is 6.49. The molecule has 0 amide bonds. The number of hydrogen-bond acceptors (Lipinski definition) is 3. The van der Waals surface area contributed by atoms with E-state index in [0.29, 0.717) is 6.04 Å². The summed E-state index contributed by atoms with van der Waals surface area (Å²) in [4.78, 5) is 2.57. The summed E-state index contributed by atoms with van der Waals surface area (Å²) in [6.45, 7) is 9.31. The van der Waals surface area contributed by atoms with Gasteiger partial charge in [0.15, 0.2) is 0 Å². The van der Waals surface area contributed by atoms with Crippen LogP contribution in [0.5, 0.6) is 0 Å². The summed E-state index contributed by atoms with van der Waals surface area (Å²) < 4.78 is 0. The van der Waals surface area contributed by atoms with Crippen LogP contribution in [0.4, 0.5) is 0 Å². The molecule has 2 nitrogen and oxygen atoms in total. The molecule has 0 spiro atoms. The summed E-state index contributed by atoms with van der Waals surface area (Å²) in [5.41, 5.74) is 0. The highest BCUT2D eigenvalue weighted by Crippen LogP contribution is 2.12. The lowest BCUT2D eigenvalue weighted by Gasteiger charge is -2.36. The monoisotopic (exact) mass is 240 g/mol. The van der Waals surface area contributed by atoms with Gasteiger partial charge in [0.2, 0.25) is 0 Å². The van der Waals surface area contributed by atoms with Gasteiger partial charge < -0.3 is 5.32 Å². The van der Waals surface area contributed by atoms with Crippen molar-refractivity contribution >= 4 is 11.8 Å². The molecule has 1 rings (SSSR count). The minimum Gasteiger partial charge on any atom is -0.311 e. The zero-order valence-corrected chi connectivity index (χ0v) is 11.4. The predicted molar refractivity (Wildman–Crippen MR) is 73.8 cm³/mol. The molecule has 1 heterocycles. The van der Waals surface area contributed by atoms with Gasteiger partial charge in [0, 0.05) is 38.0 Å². The van der Waals surface area contributed by atoms with Gasteiger partial charge in [0.05, 0.1) is 5.75 Å². The predicted octanol–water partition coefficient (Wildman–Crippen LogP) is 1.67. The van der Waals surface area contributed by atoms with E-state index < -0.39 is 0 Å². The molecule has 0 aromatic carbocycles. The van der Waals surface area contributed by atoms with E-state index in [1.54, 1.807) is 0 Å². The van der Waals surface area contributed by atoms with E-state index in [1.165, 1.54) is 26.1 Å². The van der Waals surface area contributed by atoms with Crippen molar-refractivity contribution in [2.75, 3.05) is 37.7 Å². The maximum absolute atomic E-state index is 5.23. The molecule has 0 aliphatic carbocycles. The topological polar surface area (TPSA) is 15.3 Å². The van der Waals surface area contributed by atoms with E-state index in [-0.39, 0.29) is 0 Å². The molecule has 1 fully saturated rings. The number of terminal acetylenes is 1. The first kappa shape index (κ1) is 13.9. The van der Waals surface area contributed by atoms with Crippen LogP contribution >= 0.6 is 11.8 Å². The van der Waals surface area contributed by atoms with E-state index in [2.05, 4.69) is 30.0 Å². The maximum Gasteiger partial charge on any atom is 0.0545 e. The van der Waals surface area contributed by atoms with E-state index in [0.717, 1.165) is 24.0 Å². The molecule has 16 heavy (non-hydrogen) atoms. The van der Waals surface area contributed by atoms with Crippen molar-refractivity contribution in [3.8, 4) is 12.3 Å². The first-order valence-corrected chi connectivity index (χ1v) is 7.40. The fraction of sp³-hybridized carbons (Fsp3) is 0.846. The number of nitrogens with zero attached hydrogens (tertiary/aromatic N) is 1. The molecule has 1 saturated heterocycles. The minimum atomic E-state index is 0.677. The van der Waals surface area contributed by atoms with Crippen molar-refractivity contribution in [2.24, 2.45) is 5.92 Å². The smallest absolute Gasteiger partial charge is 0.0545 e. The third-order valence-electron chi connectivity index (χ3n) is 3.36. The Hall–Kier alpha value is -0.170. The number of thioether (sulfide) groups is 1. The fourth-order valence-electron chi connectivity index (χ4n) is 2.04. The quantitative estimate of drug-likeness (QED) is 0.562. The van der Waals surface area contributed by atoms with Crippen LogP contribution in [0.3, 0.4) is 0 Å². The normalized spacial score (nSPS) is 23.9. The van der Waals surface area contributed by atoms with Gasteiger partial charge in [-0.3, -0.25) is 4.90 Å². The van der Waals surface area contributed by atoms with Gasteiger partial charge >= 0.3 is 0 Å². The Balaban J connectivity index is 2.20. The SMILES string of the molecule is C#CCSCCN1CCNC(C(C)CC)C1. The molecule has 1 aliphatic rings. The molecule has 0 aromatic rings. The highest BCUT2D eigenvalue weighted by atomic mass is 32.2. The molecule has 0 aromatic heterocycles. The zero-order chi connectivity index (χ0) is 11.8. The van der Waals surface area contributed by atoms with Crippen LogP contribution in [0, 0.1) is 18.3 Å². The Morgan fingerprint density at radius 1 is 1.62 bits per heavy atom. The summed E-state index contributed by atoms with van der Waals surface area (Å²) in [6, 6.07) is 0.677. The van der Waals surface area contributed by atoms with E-state index in [9.17, 15) is 0 Å². The van der Waals surface area contributed by atoms with E-state index >= 15 is 0 Å². The third-order valence-corrected chi connectivity index (χ3v) is 4.20. The van der Waals surface area contributed by atoms with Crippen molar-refractivity contribution in [1.82, 2.24) is 10.2 Å². The molecule has 2 unspecified atom stereocenters.